The van der Waals surface area contributed by atoms with Crippen LogP contribution in [0.5, 0.6) is 11.5 Å². The zero-order valence-corrected chi connectivity index (χ0v) is 14.5. The molecule has 3 nitrogen and oxygen atoms in total. The van der Waals surface area contributed by atoms with Crippen molar-refractivity contribution in [2.45, 2.75) is 38.6 Å². The number of ether oxygens (including phenoxy) is 2. The van der Waals surface area contributed by atoms with Gasteiger partial charge in [0.25, 0.3) is 0 Å². The molecule has 2 N–H and O–H groups in total. The van der Waals surface area contributed by atoms with Gasteiger partial charge in [0.05, 0.1) is 13.2 Å². The summed E-state index contributed by atoms with van der Waals surface area (Å²) in [5, 5.41) is 0. The Kier molecular flexibility index (Phi) is 5.67. The first-order valence-electron chi connectivity index (χ1n) is 8.09. The van der Waals surface area contributed by atoms with Gasteiger partial charge in [-0.2, -0.15) is 0 Å². The van der Waals surface area contributed by atoms with E-state index in [2.05, 4.69) is 32.9 Å². The van der Waals surface area contributed by atoms with Gasteiger partial charge in [-0.1, -0.05) is 45.0 Å². The van der Waals surface area contributed by atoms with Crippen LogP contribution in [0.25, 0.3) is 0 Å². The lowest BCUT2D eigenvalue weighted by Crippen LogP contribution is -2.19. The van der Waals surface area contributed by atoms with Gasteiger partial charge in [0, 0.05) is 0 Å². The summed E-state index contributed by atoms with van der Waals surface area (Å²) < 4.78 is 11.1. The summed E-state index contributed by atoms with van der Waals surface area (Å²) in [6, 6.07) is 15.9. The molecule has 0 aliphatic rings. The van der Waals surface area contributed by atoms with Gasteiger partial charge in [0.15, 0.2) is 0 Å². The van der Waals surface area contributed by atoms with Gasteiger partial charge in [0.1, 0.15) is 18.1 Å². The van der Waals surface area contributed by atoms with Crippen LogP contribution < -0.4 is 15.2 Å². The van der Waals surface area contributed by atoms with Crippen LogP contribution in [0, 0.1) is 0 Å². The molecule has 23 heavy (non-hydrogen) atoms. The molecular formula is C20H27NO2. The third-order valence-electron chi connectivity index (χ3n) is 4.47. The number of benzene rings is 2. The summed E-state index contributed by atoms with van der Waals surface area (Å²) in [5.74, 6) is 1.66. The Morgan fingerprint density at radius 3 is 2.35 bits per heavy atom. The minimum Gasteiger partial charge on any atom is -0.497 e. The zero-order valence-electron chi connectivity index (χ0n) is 14.5. The van der Waals surface area contributed by atoms with Crippen molar-refractivity contribution in [3.8, 4) is 11.5 Å². The average molecular weight is 313 g/mol. The quantitative estimate of drug-likeness (QED) is 0.820. The molecule has 0 amide bonds. The number of methoxy groups -OCH3 is 1. The Bertz CT molecular complexity index is 620. The molecular weight excluding hydrogens is 286 g/mol. The van der Waals surface area contributed by atoms with Gasteiger partial charge in [-0.05, 0) is 47.2 Å². The normalized spacial score (nSPS) is 12.7. The van der Waals surface area contributed by atoms with Crippen LogP contribution in [-0.4, -0.2) is 13.7 Å². The number of nitrogens with two attached hydrogens (primary N) is 1. The Labute approximate surface area is 139 Å². The van der Waals surface area contributed by atoms with E-state index in [-0.39, 0.29) is 11.5 Å². The van der Waals surface area contributed by atoms with Crippen LogP contribution in [0.2, 0.25) is 0 Å². The van der Waals surface area contributed by atoms with E-state index in [4.69, 9.17) is 15.2 Å². The van der Waals surface area contributed by atoms with Crippen molar-refractivity contribution in [1.29, 1.82) is 0 Å². The van der Waals surface area contributed by atoms with Crippen LogP contribution >= 0.6 is 0 Å². The van der Waals surface area contributed by atoms with E-state index < -0.39 is 0 Å². The Balaban J connectivity index is 1.97. The van der Waals surface area contributed by atoms with E-state index in [0.29, 0.717) is 6.61 Å². The average Bonchev–Trinajstić information content (AvgIpc) is 2.60. The monoisotopic (exact) mass is 313 g/mol. The molecule has 0 aromatic heterocycles. The maximum absolute atomic E-state index is 6.21. The highest BCUT2D eigenvalue weighted by molar-refractivity contribution is 5.32. The summed E-state index contributed by atoms with van der Waals surface area (Å²) in [5.41, 5.74) is 8.73. The highest BCUT2D eigenvalue weighted by atomic mass is 16.5. The predicted molar refractivity (Wildman–Crippen MR) is 95.2 cm³/mol. The lowest BCUT2D eigenvalue weighted by Gasteiger charge is -2.23. The first-order valence-corrected chi connectivity index (χ1v) is 8.09. The molecule has 0 saturated heterocycles. The van der Waals surface area contributed by atoms with E-state index in [1.807, 2.05) is 36.4 Å². The molecule has 0 saturated carbocycles. The van der Waals surface area contributed by atoms with Crippen LogP contribution in [0.4, 0.5) is 0 Å². The molecule has 2 aromatic rings. The maximum Gasteiger partial charge on any atom is 0.119 e. The highest BCUT2D eigenvalue weighted by Crippen LogP contribution is 2.28. The standard InChI is InChI=1S/C20H27NO2/c1-5-20(2,3)16-9-11-17(12-10-16)23-14-19(21)15-7-6-8-18(13-15)22-4/h6-13,19H,5,14,21H2,1-4H3. The van der Waals surface area contributed by atoms with E-state index in [1.54, 1.807) is 7.11 Å². The van der Waals surface area contributed by atoms with Crippen LogP contribution in [0.1, 0.15) is 44.4 Å². The smallest absolute Gasteiger partial charge is 0.119 e. The Morgan fingerprint density at radius 2 is 1.74 bits per heavy atom. The van der Waals surface area contributed by atoms with Crippen molar-refractivity contribution in [2.75, 3.05) is 13.7 Å². The molecule has 1 unspecified atom stereocenters. The molecule has 0 aliphatic carbocycles. The van der Waals surface area contributed by atoms with Crippen molar-refractivity contribution < 1.29 is 9.47 Å². The summed E-state index contributed by atoms with van der Waals surface area (Å²) >= 11 is 0. The second-order valence-electron chi connectivity index (χ2n) is 6.46. The second-order valence-corrected chi connectivity index (χ2v) is 6.46. The molecule has 0 heterocycles. The van der Waals surface area contributed by atoms with Gasteiger partial charge >= 0.3 is 0 Å². The highest BCUT2D eigenvalue weighted by Gasteiger charge is 2.17. The third-order valence-corrected chi connectivity index (χ3v) is 4.47. The number of hydrogen-bond donors (Lipinski definition) is 1. The fourth-order valence-electron chi connectivity index (χ4n) is 2.36. The molecule has 3 heteroatoms. The first kappa shape index (κ1) is 17.4. The van der Waals surface area contributed by atoms with Gasteiger partial charge in [0.2, 0.25) is 0 Å². The molecule has 0 fully saturated rings. The van der Waals surface area contributed by atoms with Crippen molar-refractivity contribution >= 4 is 0 Å². The molecule has 124 valence electrons. The van der Waals surface area contributed by atoms with Gasteiger partial charge in [-0.25, -0.2) is 0 Å². The summed E-state index contributed by atoms with van der Waals surface area (Å²) in [4.78, 5) is 0. The van der Waals surface area contributed by atoms with Crippen molar-refractivity contribution in [1.82, 2.24) is 0 Å². The zero-order chi connectivity index (χ0) is 16.9. The lowest BCUT2D eigenvalue weighted by molar-refractivity contribution is 0.290. The van der Waals surface area contributed by atoms with E-state index >= 15 is 0 Å². The van der Waals surface area contributed by atoms with Crippen molar-refractivity contribution in [3.05, 3.63) is 59.7 Å². The van der Waals surface area contributed by atoms with Crippen molar-refractivity contribution in [2.24, 2.45) is 5.73 Å². The van der Waals surface area contributed by atoms with E-state index in [1.165, 1.54) is 5.56 Å². The molecule has 1 atom stereocenters. The number of rotatable bonds is 7. The summed E-state index contributed by atoms with van der Waals surface area (Å²) in [6.45, 7) is 7.14. The summed E-state index contributed by atoms with van der Waals surface area (Å²) in [6.07, 6.45) is 1.11. The minimum absolute atomic E-state index is 0.183. The molecule has 0 bridgehead atoms. The Morgan fingerprint density at radius 1 is 1.04 bits per heavy atom. The fraction of sp³-hybridized carbons (Fsp3) is 0.400. The first-order chi connectivity index (χ1) is 11.0. The van der Waals surface area contributed by atoms with E-state index in [0.717, 1.165) is 23.5 Å². The fourth-order valence-corrected chi connectivity index (χ4v) is 2.36. The van der Waals surface area contributed by atoms with Crippen LogP contribution in [0.15, 0.2) is 48.5 Å². The van der Waals surface area contributed by atoms with Gasteiger partial charge in [-0.3, -0.25) is 0 Å². The lowest BCUT2D eigenvalue weighted by atomic mass is 9.82. The third kappa shape index (κ3) is 4.49. The topological polar surface area (TPSA) is 44.5 Å². The molecule has 2 aromatic carbocycles. The SMILES string of the molecule is CCC(C)(C)c1ccc(OCC(N)c2cccc(OC)c2)cc1. The minimum atomic E-state index is -0.183. The largest absolute Gasteiger partial charge is 0.497 e. The van der Waals surface area contributed by atoms with Crippen LogP contribution in [0.3, 0.4) is 0 Å². The molecule has 0 spiro atoms. The predicted octanol–water partition coefficient (Wildman–Crippen LogP) is 4.46. The number of hydrogen-bond acceptors (Lipinski definition) is 3. The molecule has 2 rings (SSSR count). The van der Waals surface area contributed by atoms with Crippen LogP contribution in [-0.2, 0) is 5.41 Å². The van der Waals surface area contributed by atoms with E-state index in [9.17, 15) is 0 Å². The summed E-state index contributed by atoms with van der Waals surface area (Å²) in [7, 11) is 1.65. The van der Waals surface area contributed by atoms with Gasteiger partial charge < -0.3 is 15.2 Å². The molecule has 0 aliphatic heterocycles. The Hall–Kier alpha value is -2.00. The molecule has 0 radical (unpaired) electrons. The second kappa shape index (κ2) is 7.51. The maximum atomic E-state index is 6.21. The van der Waals surface area contributed by atoms with Gasteiger partial charge in [-0.15, -0.1) is 0 Å². The van der Waals surface area contributed by atoms with Crippen molar-refractivity contribution in [3.63, 3.8) is 0 Å².